The molecule has 0 fully saturated rings. The summed E-state index contributed by atoms with van der Waals surface area (Å²) < 4.78 is 4.33. The molecule has 0 aliphatic carbocycles. The highest BCUT2D eigenvalue weighted by Gasteiger charge is 2.28. The Morgan fingerprint density at radius 3 is 1.32 bits per heavy atom. The molecule has 0 aliphatic rings. The molecule has 41 heavy (non-hydrogen) atoms. The van der Waals surface area contributed by atoms with Crippen molar-refractivity contribution in [3.05, 3.63) is 69.8 Å². The Kier molecular flexibility index (Phi) is 11.3. The van der Waals surface area contributed by atoms with E-state index < -0.39 is 100 Å². The normalized spacial score (nSPS) is 10.6. The molecule has 0 saturated carbocycles. The molecule has 0 spiro atoms. The van der Waals surface area contributed by atoms with E-state index >= 15 is 0 Å². The van der Waals surface area contributed by atoms with Crippen molar-refractivity contribution in [2.24, 2.45) is 5.92 Å². The zero-order valence-electron chi connectivity index (χ0n) is 20.2. The summed E-state index contributed by atoms with van der Waals surface area (Å²) in [5.74, 6) is -14.9. The molecule has 0 amide bonds. The van der Waals surface area contributed by atoms with Crippen LogP contribution in [0.15, 0.2) is 36.4 Å². The molecule has 1 unspecified atom stereocenters. The SMILES string of the molecule is O=C(O)CC(CC(=O)OC(=O)c1cc(C(=O)O)ccc1C(=O)O)C(=O)O.O=C(O)c1ccc(C(=O)O)c(C(=O)O)c1. The summed E-state index contributed by atoms with van der Waals surface area (Å²) in [7, 11) is 0. The predicted molar refractivity (Wildman–Crippen MR) is 126 cm³/mol. The van der Waals surface area contributed by atoms with Crippen LogP contribution in [0.1, 0.15) is 75.0 Å². The average Bonchev–Trinajstić information content (AvgIpc) is 2.87. The van der Waals surface area contributed by atoms with Gasteiger partial charge >= 0.3 is 53.7 Å². The molecule has 0 radical (unpaired) electrons. The van der Waals surface area contributed by atoms with Gasteiger partial charge in [-0.1, -0.05) is 0 Å². The van der Waals surface area contributed by atoms with Gasteiger partial charge in [-0.05, 0) is 36.4 Å². The number of benzene rings is 2. The van der Waals surface area contributed by atoms with Crippen LogP contribution in [0.25, 0.3) is 0 Å². The number of aliphatic carboxylic acids is 2. The van der Waals surface area contributed by atoms with Crippen molar-refractivity contribution in [3.8, 4) is 0 Å². The van der Waals surface area contributed by atoms with E-state index in [1.807, 2.05) is 0 Å². The molecule has 7 N–H and O–H groups in total. The van der Waals surface area contributed by atoms with Gasteiger partial charge in [0.05, 0.1) is 52.1 Å². The van der Waals surface area contributed by atoms with Gasteiger partial charge in [0, 0.05) is 0 Å². The second-order valence-corrected chi connectivity index (χ2v) is 7.65. The number of carboxylic acids is 7. The first-order valence-electron chi connectivity index (χ1n) is 10.6. The zero-order chi connectivity index (χ0) is 31.6. The van der Waals surface area contributed by atoms with E-state index in [1.165, 1.54) is 0 Å². The van der Waals surface area contributed by atoms with Crippen LogP contribution < -0.4 is 0 Å². The Labute approximate surface area is 226 Å². The lowest BCUT2D eigenvalue weighted by Gasteiger charge is -2.10. The fraction of sp³-hybridized carbons (Fsp3) is 0.125. The molecule has 216 valence electrons. The standard InChI is InChI=1S/C15H12O11.C9H6O6/c16-10(17)4-7(13(21)22)5-11(18)26-15(25)9-3-6(12(19)20)1-2-8(9)14(23)24;10-7(11)4-1-2-5(8(12)13)6(3-4)9(14)15/h1-3,7H,4-5H2,(H,16,17)(H,19,20)(H,21,22)(H,23,24);1-3H,(H,10,11)(H,12,13)(H,14,15). The second kappa shape index (κ2) is 14.1. The smallest absolute Gasteiger partial charge is 0.346 e. The van der Waals surface area contributed by atoms with Gasteiger partial charge in [-0.25, -0.2) is 28.8 Å². The molecule has 1 atom stereocenters. The number of hydrogen-bond donors (Lipinski definition) is 7. The lowest BCUT2D eigenvalue weighted by molar-refractivity contribution is -0.152. The van der Waals surface area contributed by atoms with Crippen LogP contribution in [-0.4, -0.2) is 89.5 Å². The van der Waals surface area contributed by atoms with Crippen molar-refractivity contribution < 1.29 is 83.6 Å². The molecule has 17 nitrogen and oxygen atoms in total. The summed E-state index contributed by atoms with van der Waals surface area (Å²) >= 11 is 0. The molecule has 0 aliphatic heterocycles. The van der Waals surface area contributed by atoms with Crippen molar-refractivity contribution >= 4 is 53.7 Å². The summed E-state index contributed by atoms with van der Waals surface area (Å²) in [5.41, 5.74) is -3.04. The van der Waals surface area contributed by atoms with Crippen molar-refractivity contribution in [1.29, 1.82) is 0 Å². The molecule has 0 heterocycles. The highest BCUT2D eigenvalue weighted by Crippen LogP contribution is 2.17. The highest BCUT2D eigenvalue weighted by molar-refractivity contribution is 6.07. The van der Waals surface area contributed by atoms with Gasteiger partial charge in [0.25, 0.3) is 0 Å². The fourth-order valence-electron chi connectivity index (χ4n) is 2.93. The second-order valence-electron chi connectivity index (χ2n) is 7.65. The number of carbonyl (C=O) groups is 9. The molecular weight excluding hydrogens is 560 g/mol. The first-order valence-corrected chi connectivity index (χ1v) is 10.6. The minimum Gasteiger partial charge on any atom is -0.481 e. The van der Waals surface area contributed by atoms with Crippen LogP contribution in [-0.2, 0) is 19.1 Å². The van der Waals surface area contributed by atoms with Gasteiger partial charge in [-0.2, -0.15) is 0 Å². The minimum atomic E-state index is -1.66. The van der Waals surface area contributed by atoms with E-state index in [0.29, 0.717) is 6.07 Å². The van der Waals surface area contributed by atoms with E-state index in [4.69, 9.17) is 35.7 Å². The number of carbonyl (C=O) groups excluding carboxylic acids is 2. The number of ether oxygens (including phenoxy) is 1. The Hall–Kier alpha value is -6.13. The minimum absolute atomic E-state index is 0.266. The van der Waals surface area contributed by atoms with Crippen LogP contribution >= 0.6 is 0 Å². The number of carboxylic acid groups (broad SMARTS) is 7. The van der Waals surface area contributed by atoms with E-state index in [-0.39, 0.29) is 5.56 Å². The predicted octanol–water partition coefficient (Wildman–Crippen LogP) is 1.11. The quantitative estimate of drug-likeness (QED) is 0.145. The maximum atomic E-state index is 12.0. The summed E-state index contributed by atoms with van der Waals surface area (Å²) in [5, 5.41) is 61.2. The molecule has 2 rings (SSSR count). The number of hydrogen-bond acceptors (Lipinski definition) is 10. The van der Waals surface area contributed by atoms with E-state index in [2.05, 4.69) is 4.74 Å². The molecule has 0 saturated heterocycles. The molecule has 2 aromatic rings. The molecule has 17 heteroatoms. The summed E-state index contributed by atoms with van der Waals surface area (Å²) in [4.78, 5) is 98.8. The Morgan fingerprint density at radius 1 is 0.537 bits per heavy atom. The van der Waals surface area contributed by atoms with Gasteiger partial charge in [-0.15, -0.1) is 0 Å². The number of aromatic carboxylic acids is 5. The zero-order valence-corrected chi connectivity index (χ0v) is 20.2. The maximum Gasteiger partial charge on any atom is 0.346 e. The van der Waals surface area contributed by atoms with Gasteiger partial charge in [-0.3, -0.25) is 14.4 Å². The molecule has 2 aromatic carbocycles. The van der Waals surface area contributed by atoms with E-state index in [9.17, 15) is 43.2 Å². The van der Waals surface area contributed by atoms with Crippen molar-refractivity contribution in [2.45, 2.75) is 12.8 Å². The van der Waals surface area contributed by atoms with E-state index in [0.717, 1.165) is 30.3 Å². The molecule has 0 bridgehead atoms. The monoisotopic (exact) mass is 578 g/mol. The van der Waals surface area contributed by atoms with Crippen LogP contribution in [0.3, 0.4) is 0 Å². The van der Waals surface area contributed by atoms with Crippen LogP contribution in [0.2, 0.25) is 0 Å². The van der Waals surface area contributed by atoms with Gasteiger partial charge in [0.1, 0.15) is 0 Å². The van der Waals surface area contributed by atoms with Crippen molar-refractivity contribution in [3.63, 3.8) is 0 Å². The molecule has 0 aromatic heterocycles. The van der Waals surface area contributed by atoms with E-state index in [1.54, 1.807) is 0 Å². The molecular formula is C24H18O17. The Balaban J connectivity index is 0.000000474. The summed E-state index contributed by atoms with van der Waals surface area (Å²) in [6.45, 7) is 0. The fourth-order valence-corrected chi connectivity index (χ4v) is 2.93. The maximum absolute atomic E-state index is 12.0. The van der Waals surface area contributed by atoms with Crippen LogP contribution in [0.4, 0.5) is 0 Å². The van der Waals surface area contributed by atoms with Crippen molar-refractivity contribution in [2.75, 3.05) is 0 Å². The number of rotatable bonds is 11. The third-order valence-corrected chi connectivity index (χ3v) is 4.83. The van der Waals surface area contributed by atoms with Crippen LogP contribution in [0.5, 0.6) is 0 Å². The third kappa shape index (κ3) is 9.60. The van der Waals surface area contributed by atoms with Gasteiger partial charge < -0.3 is 40.5 Å². The lowest BCUT2D eigenvalue weighted by Crippen LogP contribution is -2.24. The highest BCUT2D eigenvalue weighted by atomic mass is 16.6. The largest absolute Gasteiger partial charge is 0.481 e. The third-order valence-electron chi connectivity index (χ3n) is 4.83. The summed E-state index contributed by atoms with van der Waals surface area (Å²) in [6.07, 6.45) is -1.85. The Morgan fingerprint density at radius 2 is 0.951 bits per heavy atom. The topological polar surface area (TPSA) is 304 Å². The average molecular weight is 578 g/mol. The lowest BCUT2D eigenvalue weighted by atomic mass is 10.0. The van der Waals surface area contributed by atoms with Crippen LogP contribution in [0, 0.1) is 5.92 Å². The van der Waals surface area contributed by atoms with Crippen molar-refractivity contribution in [1.82, 2.24) is 0 Å². The number of esters is 2. The Bertz CT molecular complexity index is 1450. The first kappa shape index (κ1) is 32.9. The summed E-state index contributed by atoms with van der Waals surface area (Å²) in [6, 6.07) is 5.25. The first-order chi connectivity index (χ1) is 19.0. The van der Waals surface area contributed by atoms with Gasteiger partial charge in [0.2, 0.25) is 0 Å². The van der Waals surface area contributed by atoms with Gasteiger partial charge in [0.15, 0.2) is 0 Å².